The number of hydrogen-bond acceptors (Lipinski definition) is 1. The fourth-order valence-corrected chi connectivity index (χ4v) is 2.32. The monoisotopic (exact) mass is 386 g/mol. The van der Waals surface area contributed by atoms with Crippen molar-refractivity contribution < 1.29 is 0 Å². The van der Waals surface area contributed by atoms with Crippen molar-refractivity contribution in [3.8, 4) is 0 Å². The van der Waals surface area contributed by atoms with Crippen molar-refractivity contribution in [2.24, 2.45) is 4.99 Å². The Morgan fingerprint density at radius 2 is 2.14 bits per heavy atom. The molecule has 0 atom stereocenters. The molecule has 0 aliphatic rings. The zero-order chi connectivity index (χ0) is 10.7. The van der Waals surface area contributed by atoms with Crippen LogP contribution in [-0.2, 0) is 0 Å². The van der Waals surface area contributed by atoms with Crippen LogP contribution >= 0.6 is 50.1 Å². The first-order valence-electron chi connectivity index (χ1n) is 3.86. The lowest BCUT2D eigenvalue weighted by Crippen LogP contribution is -2.07. The van der Waals surface area contributed by atoms with E-state index in [9.17, 15) is 0 Å². The molecule has 0 radical (unpaired) electrons. The summed E-state index contributed by atoms with van der Waals surface area (Å²) in [7, 11) is 3.85. The Morgan fingerprint density at radius 3 is 2.71 bits per heavy atom. The van der Waals surface area contributed by atoms with Gasteiger partial charge in [-0.15, -0.1) is 0 Å². The Balaban J connectivity index is 3.04. The van der Waals surface area contributed by atoms with Crippen molar-refractivity contribution in [2.45, 2.75) is 0 Å². The molecule has 2 nitrogen and oxygen atoms in total. The van der Waals surface area contributed by atoms with Crippen LogP contribution in [0.25, 0.3) is 0 Å². The molecule has 1 rings (SSSR count). The molecule has 5 heteroatoms. The number of nitrogens with zero attached hydrogens (tertiary/aromatic N) is 2. The maximum Gasteiger partial charge on any atom is 0.0907 e. The lowest BCUT2D eigenvalue weighted by atomic mass is 10.3. The molecule has 0 aromatic heterocycles. The predicted octanol–water partition coefficient (Wildman–Crippen LogP) is 3.93. The molecule has 0 amide bonds. The molecule has 0 aliphatic heterocycles. The fraction of sp³-hybridized carbons (Fsp3) is 0.222. The molecule has 0 unspecified atom stereocenters. The lowest BCUT2D eigenvalue weighted by molar-refractivity contribution is 0.643. The molecular weight excluding hydrogens is 378 g/mol. The molecule has 14 heavy (non-hydrogen) atoms. The van der Waals surface area contributed by atoms with Gasteiger partial charge in [-0.3, -0.25) is 0 Å². The van der Waals surface area contributed by atoms with E-state index in [1.807, 2.05) is 31.1 Å². The summed E-state index contributed by atoms with van der Waals surface area (Å²) in [5.41, 5.74) is 0.882. The summed E-state index contributed by atoms with van der Waals surface area (Å²) < 4.78 is 1.96. The van der Waals surface area contributed by atoms with Gasteiger partial charge in [-0.05, 0) is 50.7 Å². The molecule has 1 aromatic rings. The average molecular weight is 387 g/mol. The zero-order valence-corrected chi connectivity index (χ0v) is 12.3. The Labute approximate surface area is 111 Å². The topological polar surface area (TPSA) is 15.6 Å². The van der Waals surface area contributed by atoms with Crippen molar-refractivity contribution in [3.63, 3.8) is 0 Å². The first-order chi connectivity index (χ1) is 6.50. The maximum absolute atomic E-state index is 5.96. The van der Waals surface area contributed by atoms with Crippen LogP contribution < -0.4 is 0 Å². The van der Waals surface area contributed by atoms with Gasteiger partial charge in [0.25, 0.3) is 0 Å². The summed E-state index contributed by atoms with van der Waals surface area (Å²) in [5.74, 6) is 0. The van der Waals surface area contributed by atoms with E-state index in [4.69, 9.17) is 11.6 Å². The molecule has 0 bridgehead atoms. The highest BCUT2D eigenvalue weighted by Gasteiger charge is 2.03. The Bertz CT molecular complexity index is 366. The molecule has 0 heterocycles. The smallest absolute Gasteiger partial charge is 0.0907 e. The van der Waals surface area contributed by atoms with Crippen molar-refractivity contribution in [1.82, 2.24) is 4.90 Å². The Hall–Kier alpha value is 0.190. The number of rotatable bonds is 2. The molecule has 1 aromatic carbocycles. The summed E-state index contributed by atoms with van der Waals surface area (Å²) in [6, 6.07) is 3.79. The van der Waals surface area contributed by atoms with Crippen LogP contribution in [0, 0.1) is 3.57 Å². The molecule has 0 aliphatic carbocycles. The minimum Gasteiger partial charge on any atom is -0.369 e. The third kappa shape index (κ3) is 3.40. The van der Waals surface area contributed by atoms with Gasteiger partial charge < -0.3 is 4.90 Å². The Morgan fingerprint density at radius 1 is 1.50 bits per heavy atom. The van der Waals surface area contributed by atoms with E-state index in [1.54, 1.807) is 6.34 Å². The third-order valence-electron chi connectivity index (χ3n) is 1.42. The second-order valence-electron chi connectivity index (χ2n) is 2.93. The molecule has 0 spiro atoms. The zero-order valence-electron chi connectivity index (χ0n) is 7.76. The first kappa shape index (κ1) is 12.3. The summed E-state index contributed by atoms with van der Waals surface area (Å²) in [5, 5.41) is 0.677. The summed E-state index contributed by atoms with van der Waals surface area (Å²) in [6.45, 7) is 0. The normalized spacial score (nSPS) is 10.9. The summed E-state index contributed by atoms with van der Waals surface area (Å²) >= 11 is 11.6. The highest BCUT2D eigenvalue weighted by Crippen LogP contribution is 2.31. The van der Waals surface area contributed by atoms with Crippen molar-refractivity contribution in [2.75, 3.05) is 14.1 Å². The van der Waals surface area contributed by atoms with Gasteiger partial charge in [0, 0.05) is 22.1 Å². The van der Waals surface area contributed by atoms with Crippen LogP contribution in [0.3, 0.4) is 0 Å². The van der Waals surface area contributed by atoms with E-state index in [1.165, 1.54) is 0 Å². The summed E-state index contributed by atoms with van der Waals surface area (Å²) in [4.78, 5) is 6.18. The first-order valence-corrected chi connectivity index (χ1v) is 6.11. The van der Waals surface area contributed by atoms with Gasteiger partial charge in [0.2, 0.25) is 0 Å². The van der Waals surface area contributed by atoms with E-state index in [-0.39, 0.29) is 0 Å². The SMILES string of the molecule is CN(C)C=Nc1cc(Cl)c(Br)cc1I. The average Bonchev–Trinajstić information content (AvgIpc) is 2.09. The van der Waals surface area contributed by atoms with Crippen LogP contribution in [0.4, 0.5) is 5.69 Å². The fourth-order valence-electron chi connectivity index (χ4n) is 0.789. The van der Waals surface area contributed by atoms with Crippen LogP contribution in [-0.4, -0.2) is 25.3 Å². The molecule has 0 fully saturated rings. The van der Waals surface area contributed by atoms with Crippen molar-refractivity contribution in [3.05, 3.63) is 25.2 Å². The summed E-state index contributed by atoms with van der Waals surface area (Å²) in [6.07, 6.45) is 1.75. The van der Waals surface area contributed by atoms with E-state index in [0.717, 1.165) is 13.7 Å². The number of halogens is 3. The van der Waals surface area contributed by atoms with Gasteiger partial charge in [0.15, 0.2) is 0 Å². The van der Waals surface area contributed by atoms with E-state index < -0.39 is 0 Å². The molecule has 0 saturated carbocycles. The largest absolute Gasteiger partial charge is 0.369 e. The highest BCUT2D eigenvalue weighted by atomic mass is 127. The second kappa shape index (κ2) is 5.32. The van der Waals surface area contributed by atoms with Crippen LogP contribution in [0.5, 0.6) is 0 Å². The van der Waals surface area contributed by atoms with E-state index >= 15 is 0 Å². The van der Waals surface area contributed by atoms with Crippen LogP contribution in [0.1, 0.15) is 0 Å². The van der Waals surface area contributed by atoms with Crippen molar-refractivity contribution >= 4 is 62.1 Å². The standard InChI is InChI=1S/C9H9BrClIN2/c1-14(2)5-13-9-4-7(11)6(10)3-8(9)12/h3-5H,1-2H3. The van der Waals surface area contributed by atoms with Gasteiger partial charge in [-0.25, -0.2) is 4.99 Å². The van der Waals surface area contributed by atoms with Gasteiger partial charge in [0.05, 0.1) is 17.0 Å². The van der Waals surface area contributed by atoms with E-state index in [0.29, 0.717) is 5.02 Å². The molecule has 0 saturated heterocycles. The van der Waals surface area contributed by atoms with Crippen LogP contribution in [0.15, 0.2) is 21.6 Å². The second-order valence-corrected chi connectivity index (χ2v) is 5.35. The van der Waals surface area contributed by atoms with Gasteiger partial charge in [0.1, 0.15) is 0 Å². The van der Waals surface area contributed by atoms with Crippen molar-refractivity contribution in [1.29, 1.82) is 0 Å². The quantitative estimate of drug-likeness (QED) is 0.325. The third-order valence-corrected chi connectivity index (χ3v) is 3.48. The number of aliphatic imine (C=N–C) groups is 1. The Kier molecular flexibility index (Phi) is 4.66. The minimum absolute atomic E-state index is 0.677. The van der Waals surface area contributed by atoms with Gasteiger partial charge in [-0.1, -0.05) is 11.6 Å². The molecular formula is C9H9BrClIN2. The van der Waals surface area contributed by atoms with Crippen LogP contribution in [0.2, 0.25) is 5.02 Å². The van der Waals surface area contributed by atoms with E-state index in [2.05, 4.69) is 43.5 Å². The predicted molar refractivity (Wildman–Crippen MR) is 73.7 cm³/mol. The van der Waals surface area contributed by atoms with Gasteiger partial charge >= 0.3 is 0 Å². The highest BCUT2D eigenvalue weighted by molar-refractivity contribution is 14.1. The molecule has 76 valence electrons. The molecule has 0 N–H and O–H groups in total. The lowest BCUT2D eigenvalue weighted by Gasteiger charge is -2.05. The minimum atomic E-state index is 0.677. The number of benzene rings is 1. The number of hydrogen-bond donors (Lipinski definition) is 0. The van der Waals surface area contributed by atoms with Gasteiger partial charge in [-0.2, -0.15) is 0 Å². The maximum atomic E-state index is 5.96.